The average Bonchev–Trinajstić information content (AvgIpc) is 3.07. The van der Waals surface area contributed by atoms with Crippen LogP contribution in [0.15, 0.2) is 76.1 Å². The van der Waals surface area contributed by atoms with Gasteiger partial charge in [0.25, 0.3) is 17.1 Å². The third-order valence-corrected chi connectivity index (χ3v) is 6.32. The minimum Gasteiger partial charge on any atom is -0.483 e. The van der Waals surface area contributed by atoms with E-state index in [4.69, 9.17) is 16.3 Å². The van der Waals surface area contributed by atoms with Gasteiger partial charge in [0.2, 0.25) is 0 Å². The molecule has 172 valence electrons. The lowest BCUT2D eigenvalue weighted by atomic mass is 10.2. The molecule has 1 aliphatic heterocycles. The minimum absolute atomic E-state index is 0.256. The molecule has 10 heteroatoms. The van der Waals surface area contributed by atoms with Gasteiger partial charge in [0.15, 0.2) is 6.61 Å². The van der Waals surface area contributed by atoms with E-state index in [9.17, 15) is 18.8 Å². The second kappa shape index (κ2) is 10.4. The topological polar surface area (TPSA) is 75.7 Å². The average molecular weight is 562 g/mol. The number of carbonyl (C=O) groups excluding carboxylic acids is 3. The molecule has 3 aromatic rings. The van der Waals surface area contributed by atoms with Crippen molar-refractivity contribution >= 4 is 73.8 Å². The first-order chi connectivity index (χ1) is 16.3. The number of amides is 3. The molecular formula is C24H15BrClFN2O4S. The predicted molar refractivity (Wildman–Crippen MR) is 135 cm³/mol. The number of thioether (sulfide) groups is 1. The van der Waals surface area contributed by atoms with Crippen molar-refractivity contribution in [3.05, 3.63) is 92.5 Å². The van der Waals surface area contributed by atoms with E-state index in [1.165, 1.54) is 24.3 Å². The van der Waals surface area contributed by atoms with Gasteiger partial charge in [-0.1, -0.05) is 23.7 Å². The molecule has 0 bridgehead atoms. The zero-order valence-electron chi connectivity index (χ0n) is 17.3. The second-order valence-corrected chi connectivity index (χ2v) is 9.31. The summed E-state index contributed by atoms with van der Waals surface area (Å²) in [6, 6.07) is 17.0. The second-order valence-electron chi connectivity index (χ2n) is 7.03. The Morgan fingerprint density at radius 3 is 2.59 bits per heavy atom. The molecule has 0 saturated carbocycles. The summed E-state index contributed by atoms with van der Waals surface area (Å²) >= 11 is 10.2. The van der Waals surface area contributed by atoms with Crippen molar-refractivity contribution < 1.29 is 23.5 Å². The number of benzene rings is 3. The zero-order chi connectivity index (χ0) is 24.2. The Hall–Kier alpha value is -3.14. The van der Waals surface area contributed by atoms with Gasteiger partial charge in [0, 0.05) is 10.7 Å². The Kier molecular flexibility index (Phi) is 7.35. The lowest BCUT2D eigenvalue weighted by Crippen LogP contribution is -2.27. The van der Waals surface area contributed by atoms with Gasteiger partial charge in [-0.2, -0.15) is 0 Å². The van der Waals surface area contributed by atoms with Crippen molar-refractivity contribution in [2.75, 3.05) is 16.8 Å². The molecule has 0 aliphatic carbocycles. The summed E-state index contributed by atoms with van der Waals surface area (Å²) in [6.07, 6.45) is 1.60. The van der Waals surface area contributed by atoms with E-state index in [1.807, 2.05) is 0 Å². The largest absolute Gasteiger partial charge is 0.483 e. The van der Waals surface area contributed by atoms with Gasteiger partial charge in [0.1, 0.15) is 11.6 Å². The van der Waals surface area contributed by atoms with Crippen LogP contribution in [0.1, 0.15) is 5.56 Å². The minimum atomic E-state index is -0.439. The van der Waals surface area contributed by atoms with Crippen LogP contribution in [-0.4, -0.2) is 23.7 Å². The molecule has 0 aromatic heterocycles. The third kappa shape index (κ3) is 5.67. The summed E-state index contributed by atoms with van der Waals surface area (Å²) in [6.45, 7) is -0.256. The summed E-state index contributed by atoms with van der Waals surface area (Å²) in [5.74, 6) is -0.825. The van der Waals surface area contributed by atoms with Crippen LogP contribution in [0.25, 0.3) is 6.08 Å². The van der Waals surface area contributed by atoms with Crippen LogP contribution < -0.4 is 15.0 Å². The molecule has 1 aliphatic rings. The van der Waals surface area contributed by atoms with Gasteiger partial charge in [-0.05, 0) is 93.9 Å². The number of imide groups is 1. The number of nitrogens with zero attached hydrogens (tertiary/aromatic N) is 1. The van der Waals surface area contributed by atoms with Gasteiger partial charge in [-0.15, -0.1) is 0 Å². The molecular weight excluding hydrogens is 547 g/mol. The monoisotopic (exact) mass is 560 g/mol. The van der Waals surface area contributed by atoms with Crippen LogP contribution in [-0.2, 0) is 9.59 Å². The van der Waals surface area contributed by atoms with Crippen LogP contribution in [0.5, 0.6) is 5.75 Å². The van der Waals surface area contributed by atoms with Crippen molar-refractivity contribution in [3.8, 4) is 5.75 Å². The van der Waals surface area contributed by atoms with E-state index < -0.39 is 22.9 Å². The molecule has 1 heterocycles. The number of nitrogens with one attached hydrogen (secondary N) is 1. The highest BCUT2D eigenvalue weighted by atomic mass is 79.9. The van der Waals surface area contributed by atoms with E-state index in [1.54, 1.807) is 48.5 Å². The number of hydrogen-bond acceptors (Lipinski definition) is 5. The van der Waals surface area contributed by atoms with Gasteiger partial charge in [-0.25, -0.2) is 9.29 Å². The third-order valence-electron chi connectivity index (χ3n) is 4.60. The van der Waals surface area contributed by atoms with Gasteiger partial charge in [0.05, 0.1) is 15.1 Å². The van der Waals surface area contributed by atoms with Crippen molar-refractivity contribution in [2.45, 2.75) is 0 Å². The zero-order valence-corrected chi connectivity index (χ0v) is 20.4. The van der Waals surface area contributed by atoms with Crippen LogP contribution in [0.4, 0.5) is 20.6 Å². The van der Waals surface area contributed by atoms with Crippen molar-refractivity contribution in [2.24, 2.45) is 0 Å². The van der Waals surface area contributed by atoms with E-state index in [0.717, 1.165) is 16.7 Å². The molecule has 0 unspecified atom stereocenters. The Bertz CT molecular complexity index is 1320. The fourth-order valence-electron chi connectivity index (χ4n) is 3.05. The van der Waals surface area contributed by atoms with E-state index in [0.29, 0.717) is 32.2 Å². The molecule has 34 heavy (non-hydrogen) atoms. The molecule has 1 fully saturated rings. The molecule has 1 N–H and O–H groups in total. The maximum absolute atomic E-state index is 13.0. The molecule has 0 atom stereocenters. The van der Waals surface area contributed by atoms with Crippen LogP contribution in [0.3, 0.4) is 0 Å². The number of ether oxygens (including phenoxy) is 1. The normalized spacial score (nSPS) is 14.6. The fourth-order valence-corrected chi connectivity index (χ4v) is 4.59. The van der Waals surface area contributed by atoms with Crippen LogP contribution in [0.2, 0.25) is 5.02 Å². The molecule has 4 rings (SSSR count). The van der Waals surface area contributed by atoms with E-state index in [-0.39, 0.29) is 11.5 Å². The molecule has 1 saturated heterocycles. The predicted octanol–water partition coefficient (Wildman–Crippen LogP) is 6.50. The molecule has 0 spiro atoms. The first kappa shape index (κ1) is 24.0. The quantitative estimate of drug-likeness (QED) is 0.348. The first-order valence-corrected chi connectivity index (χ1v) is 11.8. The van der Waals surface area contributed by atoms with Gasteiger partial charge >= 0.3 is 0 Å². The number of anilines is 2. The van der Waals surface area contributed by atoms with E-state index >= 15 is 0 Å². The highest BCUT2D eigenvalue weighted by molar-refractivity contribution is 9.10. The lowest BCUT2D eigenvalue weighted by molar-refractivity contribution is -0.118. The maximum Gasteiger partial charge on any atom is 0.298 e. The number of hydrogen-bond donors (Lipinski definition) is 1. The fraction of sp³-hybridized carbons (Fsp3) is 0.0417. The Balaban J connectivity index is 1.41. The summed E-state index contributed by atoms with van der Waals surface area (Å²) in [5, 5.41) is 2.62. The number of carbonyl (C=O) groups is 3. The Morgan fingerprint density at radius 1 is 1.12 bits per heavy atom. The first-order valence-electron chi connectivity index (χ1n) is 9.81. The standard InChI is InChI=1S/C24H15BrClFN2O4S/c25-19-10-14(4-9-20(19)33-13-22(30)28-17-7-5-16(27)6-8-17)11-21-23(31)29(24(32)34-21)18-3-1-2-15(26)12-18/h1-12H,13H2,(H,28,30)/b21-11+. The number of rotatable bonds is 6. The van der Waals surface area contributed by atoms with Gasteiger partial charge < -0.3 is 10.1 Å². The summed E-state index contributed by atoms with van der Waals surface area (Å²) in [4.78, 5) is 38.6. The SMILES string of the molecule is O=C(COc1ccc(/C=C2/SC(=O)N(c3cccc(Cl)c3)C2=O)cc1Br)Nc1ccc(F)cc1. The number of halogens is 3. The van der Waals surface area contributed by atoms with Crippen molar-refractivity contribution in [3.63, 3.8) is 0 Å². The van der Waals surface area contributed by atoms with E-state index in [2.05, 4.69) is 21.2 Å². The van der Waals surface area contributed by atoms with Crippen molar-refractivity contribution in [1.82, 2.24) is 0 Å². The van der Waals surface area contributed by atoms with Gasteiger partial charge in [-0.3, -0.25) is 14.4 Å². The van der Waals surface area contributed by atoms with Crippen LogP contribution in [0, 0.1) is 5.82 Å². The highest BCUT2D eigenvalue weighted by Crippen LogP contribution is 2.37. The molecule has 6 nitrogen and oxygen atoms in total. The Labute approximate surface area is 211 Å². The van der Waals surface area contributed by atoms with Crippen molar-refractivity contribution in [1.29, 1.82) is 0 Å². The molecule has 3 aromatic carbocycles. The maximum atomic E-state index is 13.0. The molecule has 3 amide bonds. The summed E-state index contributed by atoms with van der Waals surface area (Å²) in [5.41, 5.74) is 1.52. The van der Waals surface area contributed by atoms with Crippen LogP contribution >= 0.6 is 39.3 Å². The molecule has 0 radical (unpaired) electrons. The summed E-state index contributed by atoms with van der Waals surface area (Å²) in [7, 11) is 0. The smallest absolute Gasteiger partial charge is 0.298 e. The highest BCUT2D eigenvalue weighted by Gasteiger charge is 2.36. The summed E-state index contributed by atoms with van der Waals surface area (Å²) < 4.78 is 19.1. The Morgan fingerprint density at radius 2 is 1.88 bits per heavy atom. The lowest BCUT2D eigenvalue weighted by Gasteiger charge is -2.12.